The fraction of sp³-hybridized carbons (Fsp3) is 0.579. The highest BCUT2D eigenvalue weighted by Crippen LogP contribution is 2.13. The first-order valence-electron chi connectivity index (χ1n) is 8.30. The average Bonchev–Trinajstić information content (AvgIpc) is 2.47. The van der Waals surface area contributed by atoms with Crippen LogP contribution in [0.4, 0.5) is 0 Å². The van der Waals surface area contributed by atoms with Gasteiger partial charge in [0.2, 0.25) is 0 Å². The maximum atomic E-state index is 4.00. The van der Waals surface area contributed by atoms with Crippen LogP contribution in [0.25, 0.3) is 0 Å². The lowest BCUT2D eigenvalue weighted by atomic mass is 10.00. The van der Waals surface area contributed by atoms with Crippen molar-refractivity contribution in [3.05, 3.63) is 49.0 Å². The van der Waals surface area contributed by atoms with Crippen molar-refractivity contribution in [1.82, 2.24) is 15.5 Å². The van der Waals surface area contributed by atoms with Gasteiger partial charge in [-0.2, -0.15) is 0 Å². The zero-order valence-electron chi connectivity index (χ0n) is 15.2. The van der Waals surface area contributed by atoms with E-state index < -0.39 is 0 Å². The number of hydrogen-bond acceptors (Lipinski definition) is 3. The van der Waals surface area contributed by atoms with Crippen LogP contribution in [-0.4, -0.2) is 24.7 Å². The first kappa shape index (κ1) is 20.4. The topological polar surface area (TPSA) is 27.3 Å². The Morgan fingerprint density at radius 3 is 2.36 bits per heavy atom. The lowest BCUT2D eigenvalue weighted by Crippen LogP contribution is -2.41. The van der Waals surface area contributed by atoms with Gasteiger partial charge in [-0.25, -0.2) is 0 Å². The summed E-state index contributed by atoms with van der Waals surface area (Å²) in [5.74, 6) is 1.63. The predicted molar refractivity (Wildman–Crippen MR) is 99.3 cm³/mol. The van der Waals surface area contributed by atoms with Crippen LogP contribution in [0.15, 0.2) is 49.0 Å². The Balaban J connectivity index is 4.07. The Kier molecular flexibility index (Phi) is 11.1. The SMILES string of the molecule is C=C(C)/C=C\CNC(=C)NC(C)N(C)/C=C\CC(CC)CC. The monoisotopic (exact) mass is 305 g/mol. The van der Waals surface area contributed by atoms with E-state index in [1.165, 1.54) is 12.8 Å². The van der Waals surface area contributed by atoms with Crippen molar-refractivity contribution in [3.8, 4) is 0 Å². The Morgan fingerprint density at radius 1 is 1.18 bits per heavy atom. The molecule has 0 fully saturated rings. The molecule has 0 spiro atoms. The van der Waals surface area contributed by atoms with Crippen LogP contribution in [0.3, 0.4) is 0 Å². The van der Waals surface area contributed by atoms with E-state index in [-0.39, 0.29) is 6.17 Å². The maximum Gasteiger partial charge on any atom is 0.0964 e. The standard InChI is InChI=1S/C19H35N3/c1-8-19(9-2)13-11-15-22(7)18(6)21-17(5)20-14-10-12-16(3)4/h10-12,15,18-21H,3,5,8-9,13-14H2,1-2,4,6-7H3/b12-10-,15-11-. The normalized spacial score (nSPS) is 12.8. The van der Waals surface area contributed by atoms with E-state index in [9.17, 15) is 0 Å². The molecule has 0 aromatic heterocycles. The first-order chi connectivity index (χ1) is 10.4. The fourth-order valence-electron chi connectivity index (χ4n) is 2.02. The molecule has 0 aromatic carbocycles. The number of nitrogens with one attached hydrogen (secondary N) is 2. The molecule has 0 saturated carbocycles. The van der Waals surface area contributed by atoms with E-state index in [2.05, 4.69) is 68.8 Å². The second kappa shape index (κ2) is 12.0. The molecule has 0 saturated heterocycles. The second-order valence-electron chi connectivity index (χ2n) is 5.90. The van der Waals surface area contributed by atoms with Crippen molar-refractivity contribution in [2.45, 2.75) is 53.1 Å². The largest absolute Gasteiger partial charge is 0.369 e. The van der Waals surface area contributed by atoms with E-state index in [4.69, 9.17) is 0 Å². The van der Waals surface area contributed by atoms with Gasteiger partial charge in [-0.1, -0.05) is 63.6 Å². The minimum Gasteiger partial charge on any atom is -0.369 e. The highest BCUT2D eigenvalue weighted by Gasteiger charge is 2.05. The number of nitrogens with zero attached hydrogens (tertiary/aromatic N) is 1. The summed E-state index contributed by atoms with van der Waals surface area (Å²) >= 11 is 0. The third-order valence-electron chi connectivity index (χ3n) is 3.79. The molecule has 0 aliphatic rings. The minimum atomic E-state index is 0.197. The molecule has 0 aliphatic heterocycles. The number of allylic oxidation sites excluding steroid dienone is 3. The minimum absolute atomic E-state index is 0.197. The van der Waals surface area contributed by atoms with Crippen LogP contribution in [0, 0.1) is 5.92 Å². The summed E-state index contributed by atoms with van der Waals surface area (Å²) in [7, 11) is 2.08. The van der Waals surface area contributed by atoms with Gasteiger partial charge in [0, 0.05) is 13.6 Å². The molecular weight excluding hydrogens is 270 g/mol. The highest BCUT2D eigenvalue weighted by atomic mass is 15.3. The summed E-state index contributed by atoms with van der Waals surface area (Å²) in [6, 6.07) is 0. The lowest BCUT2D eigenvalue weighted by molar-refractivity contribution is 0.310. The van der Waals surface area contributed by atoms with Crippen molar-refractivity contribution in [2.75, 3.05) is 13.6 Å². The van der Waals surface area contributed by atoms with Gasteiger partial charge in [-0.15, -0.1) is 0 Å². The molecule has 0 amide bonds. The third-order valence-corrected chi connectivity index (χ3v) is 3.79. The highest BCUT2D eigenvalue weighted by molar-refractivity contribution is 5.11. The number of rotatable bonds is 12. The smallest absolute Gasteiger partial charge is 0.0964 e. The summed E-state index contributed by atoms with van der Waals surface area (Å²) in [5.41, 5.74) is 1.05. The van der Waals surface area contributed by atoms with Gasteiger partial charge in [-0.05, 0) is 32.4 Å². The van der Waals surface area contributed by atoms with Crippen molar-refractivity contribution in [3.63, 3.8) is 0 Å². The third kappa shape index (κ3) is 10.1. The molecule has 0 heterocycles. The van der Waals surface area contributed by atoms with Crippen LogP contribution in [0.2, 0.25) is 0 Å². The number of hydrogen-bond donors (Lipinski definition) is 2. The quantitative estimate of drug-likeness (QED) is 0.414. The molecule has 0 aromatic rings. The van der Waals surface area contributed by atoms with Crippen LogP contribution in [-0.2, 0) is 0 Å². The molecule has 0 rings (SSSR count). The summed E-state index contributed by atoms with van der Waals surface area (Å²) in [4.78, 5) is 2.17. The lowest BCUT2D eigenvalue weighted by Gasteiger charge is -2.26. The Labute approximate surface area is 137 Å². The molecule has 0 aliphatic carbocycles. The van der Waals surface area contributed by atoms with Crippen LogP contribution in [0.5, 0.6) is 0 Å². The second-order valence-corrected chi connectivity index (χ2v) is 5.90. The summed E-state index contributed by atoms with van der Waals surface area (Å²) in [5, 5.41) is 6.58. The van der Waals surface area contributed by atoms with E-state index in [0.717, 1.165) is 30.3 Å². The molecule has 3 heteroatoms. The summed E-state index contributed by atoms with van der Waals surface area (Å²) in [6.07, 6.45) is 12.3. The molecule has 0 radical (unpaired) electrons. The van der Waals surface area contributed by atoms with Crippen LogP contribution in [0.1, 0.15) is 47.0 Å². The molecule has 22 heavy (non-hydrogen) atoms. The van der Waals surface area contributed by atoms with Gasteiger partial charge in [0.15, 0.2) is 0 Å². The van der Waals surface area contributed by atoms with Gasteiger partial charge >= 0.3 is 0 Å². The molecule has 1 atom stereocenters. The van der Waals surface area contributed by atoms with E-state index in [1.807, 2.05) is 19.1 Å². The summed E-state index contributed by atoms with van der Waals surface area (Å²) < 4.78 is 0. The maximum absolute atomic E-state index is 4.00. The van der Waals surface area contributed by atoms with Gasteiger partial charge < -0.3 is 15.5 Å². The Morgan fingerprint density at radius 2 is 1.82 bits per heavy atom. The van der Waals surface area contributed by atoms with Crippen molar-refractivity contribution >= 4 is 0 Å². The van der Waals surface area contributed by atoms with Crippen molar-refractivity contribution in [1.29, 1.82) is 0 Å². The molecule has 3 nitrogen and oxygen atoms in total. The molecule has 126 valence electrons. The van der Waals surface area contributed by atoms with Crippen molar-refractivity contribution < 1.29 is 0 Å². The predicted octanol–water partition coefficient (Wildman–Crippen LogP) is 4.39. The van der Waals surface area contributed by atoms with Gasteiger partial charge in [-0.3, -0.25) is 0 Å². The summed E-state index contributed by atoms with van der Waals surface area (Å²) in [6.45, 7) is 17.2. The van der Waals surface area contributed by atoms with E-state index >= 15 is 0 Å². The average molecular weight is 306 g/mol. The van der Waals surface area contributed by atoms with E-state index in [1.54, 1.807) is 0 Å². The first-order valence-corrected chi connectivity index (χ1v) is 8.30. The molecule has 0 bridgehead atoms. The van der Waals surface area contributed by atoms with Gasteiger partial charge in [0.05, 0.1) is 12.0 Å². The zero-order valence-corrected chi connectivity index (χ0v) is 15.2. The van der Waals surface area contributed by atoms with Gasteiger partial charge in [0.1, 0.15) is 0 Å². The van der Waals surface area contributed by atoms with Crippen LogP contribution < -0.4 is 10.6 Å². The zero-order chi connectivity index (χ0) is 17.0. The fourth-order valence-corrected chi connectivity index (χ4v) is 2.02. The Bertz CT molecular complexity index is 378. The Hall–Kier alpha value is -1.64. The van der Waals surface area contributed by atoms with Crippen LogP contribution >= 0.6 is 0 Å². The molecule has 1 unspecified atom stereocenters. The molecule has 2 N–H and O–H groups in total. The molecular formula is C19H35N3. The van der Waals surface area contributed by atoms with E-state index in [0.29, 0.717) is 0 Å². The van der Waals surface area contributed by atoms with Gasteiger partial charge in [0.25, 0.3) is 0 Å². The van der Waals surface area contributed by atoms with Crippen molar-refractivity contribution in [2.24, 2.45) is 5.92 Å².